The van der Waals surface area contributed by atoms with E-state index in [0.29, 0.717) is 17.0 Å². The van der Waals surface area contributed by atoms with E-state index in [1.807, 2.05) is 31.3 Å². The Morgan fingerprint density at radius 2 is 1.96 bits per heavy atom. The van der Waals surface area contributed by atoms with Crippen molar-refractivity contribution in [2.24, 2.45) is 0 Å². The first-order valence-corrected chi connectivity index (χ1v) is 8.55. The van der Waals surface area contributed by atoms with E-state index in [9.17, 15) is 4.39 Å². The fourth-order valence-electron chi connectivity index (χ4n) is 2.58. The Morgan fingerprint density at radius 1 is 1.13 bits per heavy atom. The highest BCUT2D eigenvalue weighted by Gasteiger charge is 2.10. The Hall–Kier alpha value is -1.90. The quantitative estimate of drug-likeness (QED) is 0.614. The number of hydrogen-bond donors (Lipinski definition) is 0. The summed E-state index contributed by atoms with van der Waals surface area (Å²) in [6, 6.07) is 8.93. The molecule has 1 heterocycles. The van der Waals surface area contributed by atoms with Gasteiger partial charge in [0, 0.05) is 17.8 Å². The summed E-state index contributed by atoms with van der Waals surface area (Å²) in [6.07, 6.45) is 7.26. The molecule has 3 heteroatoms. The second-order valence-electron chi connectivity index (χ2n) is 6.01. The first-order valence-electron chi connectivity index (χ1n) is 8.55. The molecule has 0 saturated carbocycles. The molecule has 0 aliphatic heterocycles. The van der Waals surface area contributed by atoms with Gasteiger partial charge in [0.1, 0.15) is 11.6 Å². The molecule has 0 saturated heterocycles. The summed E-state index contributed by atoms with van der Waals surface area (Å²) in [5.41, 5.74) is 2.36. The predicted molar refractivity (Wildman–Crippen MR) is 93.2 cm³/mol. The van der Waals surface area contributed by atoms with E-state index in [4.69, 9.17) is 4.74 Å². The third-order valence-electron chi connectivity index (χ3n) is 3.88. The van der Waals surface area contributed by atoms with Crippen LogP contribution in [0.5, 0.6) is 5.75 Å². The van der Waals surface area contributed by atoms with Crippen LogP contribution in [0, 0.1) is 5.82 Å². The highest BCUT2D eigenvalue weighted by Crippen LogP contribution is 2.26. The van der Waals surface area contributed by atoms with Gasteiger partial charge in [0.15, 0.2) is 0 Å². The van der Waals surface area contributed by atoms with E-state index in [0.717, 1.165) is 32.1 Å². The third-order valence-corrected chi connectivity index (χ3v) is 3.88. The van der Waals surface area contributed by atoms with E-state index in [1.54, 1.807) is 6.07 Å². The van der Waals surface area contributed by atoms with Gasteiger partial charge in [0.25, 0.3) is 0 Å². The second-order valence-corrected chi connectivity index (χ2v) is 6.01. The van der Waals surface area contributed by atoms with Crippen molar-refractivity contribution in [3.05, 3.63) is 47.9 Å². The van der Waals surface area contributed by atoms with Gasteiger partial charge >= 0.3 is 0 Å². The molecule has 0 N–H and O–H groups in total. The zero-order chi connectivity index (χ0) is 16.7. The molecular formula is C20H26FNO. The van der Waals surface area contributed by atoms with Crippen molar-refractivity contribution in [1.29, 1.82) is 0 Å². The average molecular weight is 315 g/mol. The summed E-state index contributed by atoms with van der Waals surface area (Å²) in [7, 11) is 0. The lowest BCUT2D eigenvalue weighted by molar-refractivity contribution is 0.206. The summed E-state index contributed by atoms with van der Waals surface area (Å²) in [4.78, 5) is 4.38. The topological polar surface area (TPSA) is 22.1 Å². The first kappa shape index (κ1) is 17.5. The lowest BCUT2D eigenvalue weighted by Crippen LogP contribution is -2.11. The Labute approximate surface area is 138 Å². The van der Waals surface area contributed by atoms with Gasteiger partial charge in [-0.3, -0.25) is 4.98 Å². The molecule has 124 valence electrons. The lowest BCUT2D eigenvalue weighted by atomic mass is 10.1. The maximum absolute atomic E-state index is 14.4. The first-order chi connectivity index (χ1) is 11.1. The highest BCUT2D eigenvalue weighted by molar-refractivity contribution is 5.61. The van der Waals surface area contributed by atoms with Gasteiger partial charge in [-0.05, 0) is 43.5 Å². The number of pyridine rings is 1. The highest BCUT2D eigenvalue weighted by atomic mass is 19.1. The smallest absolute Gasteiger partial charge is 0.136 e. The van der Waals surface area contributed by atoms with Crippen molar-refractivity contribution in [3.8, 4) is 17.0 Å². The van der Waals surface area contributed by atoms with Crippen LogP contribution in [0.4, 0.5) is 4.39 Å². The summed E-state index contributed by atoms with van der Waals surface area (Å²) in [5, 5.41) is 0. The number of hydrogen-bond acceptors (Lipinski definition) is 2. The van der Waals surface area contributed by atoms with Crippen LogP contribution in [-0.4, -0.2) is 11.1 Å². The van der Waals surface area contributed by atoms with E-state index < -0.39 is 0 Å². The normalized spacial score (nSPS) is 12.2. The van der Waals surface area contributed by atoms with Gasteiger partial charge in [0.2, 0.25) is 0 Å². The molecule has 0 fully saturated rings. The number of unbranched alkanes of at least 4 members (excludes halogenated alkanes) is 1. The standard InChI is InChI=1S/C20H26FNO/c1-4-6-8-15(3)23-17-10-11-18(19(21)13-17)20-12-9-16(7-5-2)14-22-20/h9-15H,4-8H2,1-3H3/t15-/m0/s1. The molecule has 1 aromatic heterocycles. The van der Waals surface area contributed by atoms with Crippen LogP contribution in [0.15, 0.2) is 36.5 Å². The molecule has 1 atom stereocenters. The number of nitrogens with zero attached hydrogens (tertiary/aromatic N) is 1. The monoisotopic (exact) mass is 315 g/mol. The van der Waals surface area contributed by atoms with E-state index in [2.05, 4.69) is 18.8 Å². The maximum Gasteiger partial charge on any atom is 0.136 e. The molecule has 0 radical (unpaired) electrons. The molecule has 0 amide bonds. The van der Waals surface area contributed by atoms with Gasteiger partial charge in [-0.1, -0.05) is 39.2 Å². The number of aryl methyl sites for hydroxylation is 1. The van der Waals surface area contributed by atoms with Crippen molar-refractivity contribution in [1.82, 2.24) is 4.98 Å². The second kappa shape index (κ2) is 8.66. The Bertz CT molecular complexity index is 610. The van der Waals surface area contributed by atoms with E-state index in [1.165, 1.54) is 11.6 Å². The van der Waals surface area contributed by atoms with Crippen molar-refractivity contribution in [2.75, 3.05) is 0 Å². The molecule has 0 bridgehead atoms. The minimum absolute atomic E-state index is 0.103. The zero-order valence-corrected chi connectivity index (χ0v) is 14.3. The minimum Gasteiger partial charge on any atom is -0.491 e. The molecule has 0 spiro atoms. The van der Waals surface area contributed by atoms with Gasteiger partial charge in [-0.15, -0.1) is 0 Å². The molecular weight excluding hydrogens is 289 g/mol. The van der Waals surface area contributed by atoms with Crippen LogP contribution in [0.25, 0.3) is 11.3 Å². The van der Waals surface area contributed by atoms with Gasteiger partial charge in [-0.25, -0.2) is 4.39 Å². The van der Waals surface area contributed by atoms with Gasteiger partial charge < -0.3 is 4.74 Å². The van der Waals surface area contributed by atoms with E-state index in [-0.39, 0.29) is 11.9 Å². The molecule has 0 aliphatic rings. The SMILES string of the molecule is CCCC[C@H](C)Oc1ccc(-c2ccc(CCC)cn2)c(F)c1. The zero-order valence-electron chi connectivity index (χ0n) is 14.3. The number of aromatic nitrogens is 1. The Balaban J connectivity index is 2.09. The molecule has 0 aliphatic carbocycles. The molecule has 2 aromatic rings. The Kier molecular flexibility index (Phi) is 6.57. The minimum atomic E-state index is -0.291. The van der Waals surface area contributed by atoms with Crippen molar-refractivity contribution >= 4 is 0 Å². The summed E-state index contributed by atoms with van der Waals surface area (Å²) >= 11 is 0. The fraction of sp³-hybridized carbons (Fsp3) is 0.450. The number of benzene rings is 1. The third kappa shape index (κ3) is 5.05. The largest absolute Gasteiger partial charge is 0.491 e. The summed E-state index contributed by atoms with van der Waals surface area (Å²) < 4.78 is 20.1. The van der Waals surface area contributed by atoms with Crippen LogP contribution in [0.2, 0.25) is 0 Å². The van der Waals surface area contributed by atoms with Crippen LogP contribution in [-0.2, 0) is 6.42 Å². The molecule has 1 aromatic carbocycles. The number of ether oxygens (including phenoxy) is 1. The molecule has 2 nitrogen and oxygen atoms in total. The number of rotatable bonds is 8. The summed E-state index contributed by atoms with van der Waals surface area (Å²) in [5.74, 6) is 0.290. The molecule has 23 heavy (non-hydrogen) atoms. The van der Waals surface area contributed by atoms with Gasteiger partial charge in [0.05, 0.1) is 11.8 Å². The van der Waals surface area contributed by atoms with Crippen molar-refractivity contribution in [2.45, 2.75) is 59.0 Å². The fourth-order valence-corrected chi connectivity index (χ4v) is 2.58. The number of halogens is 1. The maximum atomic E-state index is 14.4. The van der Waals surface area contributed by atoms with E-state index >= 15 is 0 Å². The van der Waals surface area contributed by atoms with Crippen LogP contribution in [0.1, 0.15) is 52.0 Å². The molecule has 0 unspecified atom stereocenters. The van der Waals surface area contributed by atoms with Crippen LogP contribution in [0.3, 0.4) is 0 Å². The van der Waals surface area contributed by atoms with Gasteiger partial charge in [-0.2, -0.15) is 0 Å². The van der Waals surface area contributed by atoms with Crippen molar-refractivity contribution < 1.29 is 9.13 Å². The predicted octanol–water partition coefficient (Wildman–Crippen LogP) is 5.80. The average Bonchev–Trinajstić information content (AvgIpc) is 2.54. The summed E-state index contributed by atoms with van der Waals surface area (Å²) in [6.45, 7) is 6.31. The molecule has 2 rings (SSSR count). The Morgan fingerprint density at radius 3 is 2.57 bits per heavy atom. The van der Waals surface area contributed by atoms with Crippen LogP contribution >= 0.6 is 0 Å². The van der Waals surface area contributed by atoms with Crippen LogP contribution < -0.4 is 4.74 Å². The lowest BCUT2D eigenvalue weighted by Gasteiger charge is -2.15. The van der Waals surface area contributed by atoms with Crippen molar-refractivity contribution in [3.63, 3.8) is 0 Å².